The Bertz CT molecular complexity index is 766. The van der Waals surface area contributed by atoms with E-state index in [4.69, 9.17) is 0 Å². The molecular weight excluding hydrogens is 562 g/mol. The van der Waals surface area contributed by atoms with Crippen LogP contribution in [-0.2, 0) is 19.1 Å². The highest BCUT2D eigenvalue weighted by molar-refractivity contribution is 5.79. The van der Waals surface area contributed by atoms with E-state index < -0.39 is 65.2 Å². The molecule has 0 aromatic carbocycles. The molecule has 0 amide bonds. The van der Waals surface area contributed by atoms with Crippen LogP contribution >= 0.6 is 0 Å². The minimum Gasteiger partial charge on any atom is -0.464 e. The molecule has 35 heavy (non-hydrogen) atoms. The Balaban J connectivity index is 7.08. The predicted octanol–water partition coefficient (Wildman–Crippen LogP) is 5.05. The maximum absolute atomic E-state index is 13.5. The Labute approximate surface area is 179 Å². The number of carbonyl (C=O) groups excluding carboxylic acids is 2. The number of halogens is 18. The topological polar surface area (TPSA) is 52.6 Å². The summed E-state index contributed by atoms with van der Waals surface area (Å²) < 4.78 is 246. The summed E-state index contributed by atoms with van der Waals surface area (Å²) in [4.78, 5) is 21.0. The van der Waals surface area contributed by atoms with Gasteiger partial charge in [0.05, 0.1) is 14.2 Å². The van der Waals surface area contributed by atoms with Gasteiger partial charge in [-0.15, -0.1) is 0 Å². The molecule has 0 N–H and O–H groups in total. The maximum atomic E-state index is 13.5. The number of hydrogen-bond acceptors (Lipinski definition) is 4. The van der Waals surface area contributed by atoms with Crippen molar-refractivity contribution in [3.8, 4) is 0 Å². The van der Waals surface area contributed by atoms with Gasteiger partial charge in [-0.3, -0.25) is 0 Å². The zero-order chi connectivity index (χ0) is 29.1. The van der Waals surface area contributed by atoms with Crippen LogP contribution in [0.25, 0.3) is 0 Å². The Morgan fingerprint density at radius 1 is 0.371 bits per heavy atom. The van der Waals surface area contributed by atoms with Gasteiger partial charge in [-0.1, -0.05) is 0 Å². The molecule has 0 unspecified atom stereocenters. The second-order valence-electron chi connectivity index (χ2n) is 6.15. The smallest absolute Gasteiger partial charge is 0.410 e. The van der Waals surface area contributed by atoms with Gasteiger partial charge >= 0.3 is 65.2 Å². The lowest BCUT2D eigenvalue weighted by Gasteiger charge is -2.43. The molecule has 0 spiro atoms. The third-order valence-corrected chi connectivity index (χ3v) is 4.04. The van der Waals surface area contributed by atoms with Gasteiger partial charge in [0.25, 0.3) is 0 Å². The van der Waals surface area contributed by atoms with Crippen molar-refractivity contribution in [3.63, 3.8) is 0 Å². The molecule has 0 radical (unpaired) electrons. The van der Waals surface area contributed by atoms with E-state index in [9.17, 15) is 88.6 Å². The summed E-state index contributed by atoms with van der Waals surface area (Å²) in [7, 11) is -0.592. The lowest BCUT2D eigenvalue weighted by molar-refractivity contribution is -0.458. The fraction of sp³-hybridized carbons (Fsp3) is 0.846. The number of ether oxygens (including phenoxy) is 2. The molecule has 0 aliphatic carbocycles. The number of carbonyl (C=O) groups is 2. The highest BCUT2D eigenvalue weighted by Gasteiger charge is 2.97. The van der Waals surface area contributed by atoms with Gasteiger partial charge in [-0.2, -0.15) is 79.0 Å². The zero-order valence-electron chi connectivity index (χ0n) is 15.9. The van der Waals surface area contributed by atoms with Gasteiger partial charge in [-0.05, 0) is 0 Å². The van der Waals surface area contributed by atoms with Crippen LogP contribution in [0.4, 0.5) is 79.0 Å². The summed E-state index contributed by atoms with van der Waals surface area (Å²) in [5.74, 6) is -83.0. The molecule has 0 fully saturated rings. The molecule has 0 aliphatic heterocycles. The van der Waals surface area contributed by atoms with Gasteiger partial charge in [-0.25, -0.2) is 9.59 Å². The number of hydrogen-bond donors (Lipinski definition) is 0. The van der Waals surface area contributed by atoms with Crippen molar-refractivity contribution in [1.82, 2.24) is 0 Å². The van der Waals surface area contributed by atoms with E-state index in [1.54, 1.807) is 0 Å². The van der Waals surface area contributed by atoms with Crippen LogP contribution in [0.15, 0.2) is 0 Å². The van der Waals surface area contributed by atoms with Crippen molar-refractivity contribution < 1.29 is 98.1 Å². The first-order valence-corrected chi connectivity index (χ1v) is 7.53. The molecule has 0 saturated carbocycles. The molecule has 0 heterocycles. The first-order valence-electron chi connectivity index (χ1n) is 7.53. The second kappa shape index (κ2) is 8.37. The fourth-order valence-corrected chi connectivity index (χ4v) is 1.89. The number of rotatable bonds is 10. The average Bonchev–Trinajstić information content (AvgIpc) is 2.70. The summed E-state index contributed by atoms with van der Waals surface area (Å²) in [6, 6.07) is 0. The summed E-state index contributed by atoms with van der Waals surface area (Å²) in [5.41, 5.74) is 0. The second-order valence-corrected chi connectivity index (χ2v) is 6.15. The van der Waals surface area contributed by atoms with Crippen LogP contribution in [0.3, 0.4) is 0 Å². The third kappa shape index (κ3) is 3.80. The standard InChI is InChI=1S/C13H6F18O4/c1-34-3(32)5(14,15)7(18,19)9(22,23)11(26,27)13(30,31)12(28,29)10(24,25)8(20,21)6(16,17)4(33)35-2/h1-2H3. The molecular formula is C13H6F18O4. The third-order valence-electron chi connectivity index (χ3n) is 4.04. The van der Waals surface area contributed by atoms with Crippen molar-refractivity contribution in [2.75, 3.05) is 14.2 Å². The monoisotopic (exact) mass is 568 g/mol. The summed E-state index contributed by atoms with van der Waals surface area (Å²) in [6.45, 7) is 0. The first kappa shape index (κ1) is 32.7. The number of esters is 2. The molecule has 0 bridgehead atoms. The van der Waals surface area contributed by atoms with E-state index in [0.717, 1.165) is 0 Å². The van der Waals surface area contributed by atoms with Crippen LogP contribution < -0.4 is 0 Å². The van der Waals surface area contributed by atoms with E-state index in [1.807, 2.05) is 0 Å². The van der Waals surface area contributed by atoms with Gasteiger partial charge in [0, 0.05) is 0 Å². The van der Waals surface area contributed by atoms with E-state index in [1.165, 1.54) is 0 Å². The van der Waals surface area contributed by atoms with Crippen molar-refractivity contribution in [2.45, 2.75) is 53.3 Å². The van der Waals surface area contributed by atoms with E-state index in [-0.39, 0.29) is 14.2 Å². The number of alkyl halides is 18. The maximum Gasteiger partial charge on any atom is 0.410 e. The molecule has 0 saturated heterocycles. The van der Waals surface area contributed by atoms with Crippen molar-refractivity contribution >= 4 is 11.9 Å². The molecule has 0 aliphatic rings. The minimum atomic E-state index is -9.02. The van der Waals surface area contributed by atoms with Crippen LogP contribution in [0.5, 0.6) is 0 Å². The van der Waals surface area contributed by atoms with E-state index in [2.05, 4.69) is 9.47 Å². The zero-order valence-corrected chi connectivity index (χ0v) is 15.9. The molecule has 208 valence electrons. The Hall–Kier alpha value is -2.32. The number of methoxy groups -OCH3 is 2. The predicted molar refractivity (Wildman–Crippen MR) is 68.6 cm³/mol. The summed E-state index contributed by atoms with van der Waals surface area (Å²) in [6.07, 6.45) is 0. The van der Waals surface area contributed by atoms with Gasteiger partial charge < -0.3 is 9.47 Å². The SMILES string of the molecule is COC(=O)C(F)(F)C(F)(F)C(F)(F)C(F)(F)C(F)(F)C(F)(F)C(F)(F)C(F)(F)C(F)(F)C(=O)OC. The van der Waals surface area contributed by atoms with Crippen LogP contribution in [0.1, 0.15) is 0 Å². The van der Waals surface area contributed by atoms with Gasteiger partial charge in [0.2, 0.25) is 0 Å². The summed E-state index contributed by atoms with van der Waals surface area (Å²) >= 11 is 0. The summed E-state index contributed by atoms with van der Waals surface area (Å²) in [5, 5.41) is 0. The lowest BCUT2D eigenvalue weighted by atomic mass is 9.86. The normalized spacial score (nSPS) is 15.7. The first-order chi connectivity index (χ1) is 15.0. The lowest BCUT2D eigenvalue weighted by Crippen LogP contribution is -2.76. The van der Waals surface area contributed by atoms with Crippen LogP contribution in [0, 0.1) is 0 Å². The molecule has 0 atom stereocenters. The highest BCUT2D eigenvalue weighted by atomic mass is 19.4. The van der Waals surface area contributed by atoms with Crippen LogP contribution in [-0.4, -0.2) is 79.5 Å². The van der Waals surface area contributed by atoms with Crippen molar-refractivity contribution in [3.05, 3.63) is 0 Å². The minimum absolute atomic E-state index is 0.296. The van der Waals surface area contributed by atoms with Crippen molar-refractivity contribution in [2.24, 2.45) is 0 Å². The average molecular weight is 568 g/mol. The van der Waals surface area contributed by atoms with Crippen molar-refractivity contribution in [1.29, 1.82) is 0 Å². The van der Waals surface area contributed by atoms with Gasteiger partial charge in [0.15, 0.2) is 0 Å². The van der Waals surface area contributed by atoms with E-state index in [0.29, 0.717) is 0 Å². The molecule has 4 nitrogen and oxygen atoms in total. The largest absolute Gasteiger partial charge is 0.464 e. The molecule has 0 aromatic rings. The Morgan fingerprint density at radius 2 is 0.514 bits per heavy atom. The van der Waals surface area contributed by atoms with Crippen LogP contribution in [0.2, 0.25) is 0 Å². The highest BCUT2D eigenvalue weighted by Crippen LogP contribution is 2.65. The molecule has 0 rings (SSSR count). The quantitative estimate of drug-likeness (QED) is 0.274. The van der Waals surface area contributed by atoms with Gasteiger partial charge in [0.1, 0.15) is 0 Å². The Morgan fingerprint density at radius 3 is 0.657 bits per heavy atom. The Kier molecular flexibility index (Phi) is 7.82. The van der Waals surface area contributed by atoms with E-state index >= 15 is 0 Å². The molecule has 0 aromatic heterocycles. The fourth-order valence-electron chi connectivity index (χ4n) is 1.89. The molecule has 22 heteroatoms.